The molecular formula is C29H34ClN3O6. The summed E-state index contributed by atoms with van der Waals surface area (Å²) in [6, 6.07) is 10.8. The Kier molecular flexibility index (Phi) is 8.75. The molecule has 9 nitrogen and oxygen atoms in total. The van der Waals surface area contributed by atoms with Gasteiger partial charge < -0.3 is 19.9 Å². The van der Waals surface area contributed by atoms with Crippen LogP contribution in [0.2, 0.25) is 5.02 Å². The summed E-state index contributed by atoms with van der Waals surface area (Å²) in [5.74, 6) is -1.03. The van der Waals surface area contributed by atoms with Crippen molar-refractivity contribution in [3.05, 3.63) is 64.8 Å². The van der Waals surface area contributed by atoms with Gasteiger partial charge in [0.15, 0.2) is 11.9 Å². The van der Waals surface area contributed by atoms with Gasteiger partial charge in [-0.25, -0.2) is 19.4 Å². The zero-order chi connectivity index (χ0) is 29.1. The van der Waals surface area contributed by atoms with E-state index in [9.17, 15) is 19.5 Å². The molecule has 1 atom stereocenters. The first kappa shape index (κ1) is 29.7. The van der Waals surface area contributed by atoms with Gasteiger partial charge in [0.05, 0.1) is 0 Å². The molecular weight excluding hydrogens is 522 g/mol. The second kappa shape index (κ2) is 11.5. The molecule has 0 aliphatic rings. The molecule has 1 heterocycles. The third-order valence-electron chi connectivity index (χ3n) is 5.45. The summed E-state index contributed by atoms with van der Waals surface area (Å²) in [6.45, 7) is 12.1. The Balaban J connectivity index is 2.03. The van der Waals surface area contributed by atoms with Crippen LogP contribution in [-0.2, 0) is 20.7 Å². The SMILES string of the molecule is CCc1cc(C(Nc2ccc3c(N(C(=O)OC(C)(C)C)C(=O)OC(C)(C)C)nccc3c2)C(=O)O)ccc1Cl. The van der Waals surface area contributed by atoms with Crippen molar-refractivity contribution < 1.29 is 29.0 Å². The van der Waals surface area contributed by atoms with E-state index < -0.39 is 35.4 Å². The average Bonchev–Trinajstić information content (AvgIpc) is 2.80. The fourth-order valence-corrected chi connectivity index (χ4v) is 4.04. The van der Waals surface area contributed by atoms with E-state index in [0.29, 0.717) is 33.5 Å². The number of fused-ring (bicyclic) bond motifs is 1. The predicted molar refractivity (Wildman–Crippen MR) is 152 cm³/mol. The Morgan fingerprint density at radius 1 is 0.974 bits per heavy atom. The van der Waals surface area contributed by atoms with E-state index in [0.717, 1.165) is 10.5 Å². The topological polar surface area (TPSA) is 118 Å². The fraction of sp³-hybridized carbons (Fsp3) is 0.379. The van der Waals surface area contributed by atoms with Gasteiger partial charge in [0.2, 0.25) is 0 Å². The van der Waals surface area contributed by atoms with Crippen molar-refractivity contribution in [1.82, 2.24) is 4.98 Å². The quantitative estimate of drug-likeness (QED) is 0.324. The van der Waals surface area contributed by atoms with Gasteiger partial charge in [-0.2, -0.15) is 4.90 Å². The summed E-state index contributed by atoms with van der Waals surface area (Å²) in [6.07, 6.45) is 0.250. The van der Waals surface area contributed by atoms with Crippen molar-refractivity contribution >= 4 is 52.0 Å². The number of hydrogen-bond donors (Lipinski definition) is 2. The van der Waals surface area contributed by atoms with Crippen LogP contribution < -0.4 is 10.2 Å². The highest BCUT2D eigenvalue weighted by Crippen LogP contribution is 2.31. The highest BCUT2D eigenvalue weighted by atomic mass is 35.5. The van der Waals surface area contributed by atoms with Gasteiger partial charge in [0, 0.05) is 22.3 Å². The lowest BCUT2D eigenvalue weighted by Gasteiger charge is -2.28. The zero-order valence-corrected chi connectivity index (χ0v) is 23.9. The maximum Gasteiger partial charge on any atom is 0.425 e. The number of ether oxygens (including phenoxy) is 2. The lowest BCUT2D eigenvalue weighted by atomic mass is 10.0. The molecule has 2 aromatic carbocycles. The van der Waals surface area contributed by atoms with Gasteiger partial charge >= 0.3 is 18.2 Å². The Bertz CT molecular complexity index is 1370. The first-order valence-electron chi connectivity index (χ1n) is 12.5. The Hall–Kier alpha value is -3.85. The summed E-state index contributed by atoms with van der Waals surface area (Å²) < 4.78 is 11.0. The molecule has 208 valence electrons. The number of carboxylic acids is 1. The minimum atomic E-state index is -1.06. The highest BCUT2D eigenvalue weighted by molar-refractivity contribution is 6.31. The number of anilines is 2. The maximum atomic E-state index is 13.1. The molecule has 1 unspecified atom stereocenters. The van der Waals surface area contributed by atoms with Crippen LogP contribution in [0.1, 0.15) is 65.6 Å². The number of pyridine rings is 1. The summed E-state index contributed by atoms with van der Waals surface area (Å²) in [4.78, 5) is 43.5. The van der Waals surface area contributed by atoms with Crippen LogP contribution in [0.25, 0.3) is 10.8 Å². The molecule has 3 aromatic rings. The molecule has 0 saturated heterocycles. The molecule has 3 rings (SSSR count). The van der Waals surface area contributed by atoms with Gasteiger partial charge in [0.25, 0.3) is 0 Å². The number of nitrogens with one attached hydrogen (secondary N) is 1. The summed E-state index contributed by atoms with van der Waals surface area (Å²) in [5, 5.41) is 14.6. The number of imide groups is 1. The number of nitrogens with zero attached hydrogens (tertiary/aromatic N) is 2. The van der Waals surface area contributed by atoms with Crippen LogP contribution in [0.15, 0.2) is 48.7 Å². The van der Waals surface area contributed by atoms with Crippen LogP contribution >= 0.6 is 11.6 Å². The standard InChI is InChI=1S/C29H34ClN3O6/c1-8-17-15-19(9-12-22(17)30)23(25(34)35)32-20-10-11-21-18(16-20)13-14-31-24(21)33(26(36)38-28(2,3)4)27(37)39-29(5,6)7/h9-16,23,32H,8H2,1-7H3,(H,34,35). The third-order valence-corrected chi connectivity index (χ3v) is 5.82. The Morgan fingerprint density at radius 3 is 2.13 bits per heavy atom. The Labute approximate surface area is 233 Å². The number of hydrogen-bond acceptors (Lipinski definition) is 7. The number of amides is 2. The van der Waals surface area contributed by atoms with Crippen molar-refractivity contribution in [3.63, 3.8) is 0 Å². The Morgan fingerprint density at radius 2 is 1.59 bits per heavy atom. The molecule has 0 saturated carbocycles. The van der Waals surface area contributed by atoms with E-state index in [2.05, 4.69) is 10.3 Å². The van der Waals surface area contributed by atoms with Crippen molar-refractivity contribution in [2.75, 3.05) is 10.2 Å². The first-order chi connectivity index (χ1) is 18.1. The summed E-state index contributed by atoms with van der Waals surface area (Å²) in [5.41, 5.74) is 0.177. The number of halogens is 1. The first-order valence-corrected chi connectivity index (χ1v) is 12.9. The maximum absolute atomic E-state index is 13.1. The van der Waals surface area contributed by atoms with Crippen molar-refractivity contribution in [1.29, 1.82) is 0 Å². The monoisotopic (exact) mass is 555 g/mol. The van der Waals surface area contributed by atoms with Crippen molar-refractivity contribution in [2.45, 2.75) is 72.1 Å². The number of carbonyl (C=O) groups excluding carboxylic acids is 2. The minimum Gasteiger partial charge on any atom is -0.479 e. The van der Waals surface area contributed by atoms with Crippen LogP contribution in [0.5, 0.6) is 0 Å². The van der Waals surface area contributed by atoms with Crippen LogP contribution in [0, 0.1) is 0 Å². The molecule has 39 heavy (non-hydrogen) atoms. The normalized spacial score (nSPS) is 12.5. The fourth-order valence-electron chi connectivity index (χ4n) is 3.79. The second-order valence-corrected chi connectivity index (χ2v) is 11.4. The third kappa shape index (κ3) is 7.60. The molecule has 0 fully saturated rings. The minimum absolute atomic E-state index is 0.0302. The number of carbonyl (C=O) groups is 3. The molecule has 1 aromatic heterocycles. The van der Waals surface area contributed by atoms with Gasteiger partial charge in [-0.3, -0.25) is 0 Å². The van der Waals surface area contributed by atoms with Crippen molar-refractivity contribution in [2.24, 2.45) is 0 Å². The van der Waals surface area contributed by atoms with E-state index in [1.54, 1.807) is 84.0 Å². The lowest BCUT2D eigenvalue weighted by Crippen LogP contribution is -2.44. The smallest absolute Gasteiger partial charge is 0.425 e. The largest absolute Gasteiger partial charge is 0.479 e. The van der Waals surface area contributed by atoms with E-state index in [1.807, 2.05) is 6.92 Å². The number of aliphatic carboxylic acids is 1. The second-order valence-electron chi connectivity index (χ2n) is 11.0. The molecule has 0 radical (unpaired) electrons. The predicted octanol–water partition coefficient (Wildman–Crippen LogP) is 7.37. The molecule has 0 bridgehead atoms. The van der Waals surface area contributed by atoms with E-state index in [-0.39, 0.29) is 5.82 Å². The lowest BCUT2D eigenvalue weighted by molar-refractivity contribution is -0.138. The highest BCUT2D eigenvalue weighted by Gasteiger charge is 2.34. The number of benzene rings is 2. The van der Waals surface area contributed by atoms with Gasteiger partial charge in [-0.15, -0.1) is 0 Å². The molecule has 2 N–H and O–H groups in total. The number of aryl methyl sites for hydroxylation is 1. The van der Waals surface area contributed by atoms with E-state index >= 15 is 0 Å². The van der Waals surface area contributed by atoms with E-state index in [4.69, 9.17) is 21.1 Å². The summed E-state index contributed by atoms with van der Waals surface area (Å²) >= 11 is 6.22. The molecule has 2 amide bonds. The van der Waals surface area contributed by atoms with Gasteiger partial charge in [-0.05, 0) is 94.8 Å². The number of carboxylic acid groups (broad SMARTS) is 1. The van der Waals surface area contributed by atoms with Gasteiger partial charge in [0.1, 0.15) is 11.2 Å². The summed E-state index contributed by atoms with van der Waals surface area (Å²) in [7, 11) is 0. The molecule has 0 aliphatic carbocycles. The van der Waals surface area contributed by atoms with Gasteiger partial charge in [-0.1, -0.05) is 30.7 Å². The molecule has 0 spiro atoms. The molecule has 0 aliphatic heterocycles. The number of rotatable bonds is 6. The average molecular weight is 556 g/mol. The number of aromatic nitrogens is 1. The van der Waals surface area contributed by atoms with Crippen LogP contribution in [0.3, 0.4) is 0 Å². The van der Waals surface area contributed by atoms with E-state index in [1.165, 1.54) is 6.20 Å². The van der Waals surface area contributed by atoms with Crippen molar-refractivity contribution in [3.8, 4) is 0 Å². The zero-order valence-electron chi connectivity index (χ0n) is 23.2. The molecule has 10 heteroatoms. The van der Waals surface area contributed by atoms with Crippen LogP contribution in [-0.4, -0.2) is 39.4 Å². The van der Waals surface area contributed by atoms with Crippen LogP contribution in [0.4, 0.5) is 21.1 Å².